The van der Waals surface area contributed by atoms with Crippen LogP contribution < -0.4 is 0 Å². The highest BCUT2D eigenvalue weighted by Gasteiger charge is 2.10. The first-order valence-electron chi connectivity index (χ1n) is 5.64. The minimum absolute atomic E-state index is 0.986. The fourth-order valence-corrected chi connectivity index (χ4v) is 1.89. The number of nitrogens with zero attached hydrogens (tertiary/aromatic N) is 2. The third-order valence-electron chi connectivity index (χ3n) is 2.74. The fourth-order valence-electron chi connectivity index (χ4n) is 1.89. The van der Waals surface area contributed by atoms with E-state index in [-0.39, 0.29) is 0 Å². The predicted molar refractivity (Wildman–Crippen MR) is 72.7 cm³/mol. The molecule has 2 aromatic rings. The molecule has 2 rings (SSSR count). The van der Waals surface area contributed by atoms with Gasteiger partial charge in [0.05, 0.1) is 5.69 Å². The van der Waals surface area contributed by atoms with Crippen LogP contribution in [0.25, 0.3) is 17.5 Å². The first-order chi connectivity index (χ1) is 8.24. The van der Waals surface area contributed by atoms with Crippen LogP contribution in [0, 0.1) is 13.8 Å². The molecule has 0 radical (unpaired) electrons. The number of imidazole rings is 1. The van der Waals surface area contributed by atoms with Gasteiger partial charge in [-0.1, -0.05) is 43.0 Å². The molecule has 0 saturated carbocycles. The Morgan fingerprint density at radius 2 is 1.88 bits per heavy atom. The number of allylic oxidation sites excluding steroid dienone is 2. The Hall–Kier alpha value is -2.09. The van der Waals surface area contributed by atoms with Crippen LogP contribution in [0.15, 0.2) is 49.1 Å². The van der Waals surface area contributed by atoms with Crippen molar-refractivity contribution in [3.05, 3.63) is 60.6 Å². The van der Waals surface area contributed by atoms with Crippen LogP contribution in [-0.4, -0.2) is 9.55 Å². The maximum Gasteiger partial charge on any atom is 0.110 e. The zero-order chi connectivity index (χ0) is 12.3. The number of aryl methyl sites for hydroxylation is 1. The third kappa shape index (κ3) is 2.21. The molecule has 0 unspecified atom stereocenters. The van der Waals surface area contributed by atoms with E-state index in [4.69, 9.17) is 0 Å². The summed E-state index contributed by atoms with van der Waals surface area (Å²) in [5.74, 6) is 0.986. The Morgan fingerprint density at radius 3 is 2.53 bits per heavy atom. The molecule has 0 saturated heterocycles. The largest absolute Gasteiger partial charge is 0.307 e. The standard InChI is InChI=1S/C15H16N2/c1-4-5-11-17-12(2)15(16-13(17)3)14-9-7-6-8-10-14/h4-11H,1H2,2-3H3/b11-5-. The lowest BCUT2D eigenvalue weighted by Crippen LogP contribution is -1.92. The number of rotatable bonds is 3. The second kappa shape index (κ2) is 4.83. The normalized spacial score (nSPS) is 10.9. The maximum atomic E-state index is 4.61. The summed E-state index contributed by atoms with van der Waals surface area (Å²) < 4.78 is 2.07. The van der Waals surface area contributed by atoms with Gasteiger partial charge in [0.25, 0.3) is 0 Å². The Bertz CT molecular complexity index is 548. The highest BCUT2D eigenvalue weighted by atomic mass is 15.1. The monoisotopic (exact) mass is 224 g/mol. The van der Waals surface area contributed by atoms with Crippen molar-refractivity contribution in [3.8, 4) is 11.3 Å². The topological polar surface area (TPSA) is 17.8 Å². The maximum absolute atomic E-state index is 4.61. The van der Waals surface area contributed by atoms with Gasteiger partial charge < -0.3 is 4.57 Å². The molecule has 0 spiro atoms. The van der Waals surface area contributed by atoms with Crippen molar-refractivity contribution in [1.29, 1.82) is 0 Å². The fraction of sp³-hybridized carbons (Fsp3) is 0.133. The molecule has 1 aromatic carbocycles. The van der Waals surface area contributed by atoms with Gasteiger partial charge in [0, 0.05) is 17.5 Å². The van der Waals surface area contributed by atoms with Gasteiger partial charge in [-0.3, -0.25) is 0 Å². The Labute approximate surface area is 102 Å². The van der Waals surface area contributed by atoms with Crippen LogP contribution in [0.2, 0.25) is 0 Å². The Balaban J connectivity index is 2.51. The SMILES string of the molecule is C=C/C=C\n1c(C)nc(-c2ccccc2)c1C. The van der Waals surface area contributed by atoms with Crippen LogP contribution >= 0.6 is 0 Å². The number of hydrogen-bond donors (Lipinski definition) is 0. The van der Waals surface area contributed by atoms with Crippen molar-refractivity contribution in [3.63, 3.8) is 0 Å². The van der Waals surface area contributed by atoms with Crippen molar-refractivity contribution in [2.75, 3.05) is 0 Å². The predicted octanol–water partition coefficient (Wildman–Crippen LogP) is 3.82. The van der Waals surface area contributed by atoms with E-state index in [1.165, 1.54) is 0 Å². The van der Waals surface area contributed by atoms with E-state index < -0.39 is 0 Å². The van der Waals surface area contributed by atoms with E-state index in [0.29, 0.717) is 0 Å². The molecule has 2 heteroatoms. The summed E-state index contributed by atoms with van der Waals surface area (Å²) >= 11 is 0. The summed E-state index contributed by atoms with van der Waals surface area (Å²) in [5, 5.41) is 0. The first kappa shape index (κ1) is 11.4. The molecule has 0 N–H and O–H groups in total. The Morgan fingerprint density at radius 1 is 1.18 bits per heavy atom. The molecular weight excluding hydrogens is 208 g/mol. The molecule has 0 fully saturated rings. The van der Waals surface area contributed by atoms with Crippen molar-refractivity contribution in [2.24, 2.45) is 0 Å². The average molecular weight is 224 g/mol. The minimum atomic E-state index is 0.986. The lowest BCUT2D eigenvalue weighted by atomic mass is 10.1. The lowest BCUT2D eigenvalue weighted by Gasteiger charge is -2.01. The molecule has 0 aliphatic rings. The lowest BCUT2D eigenvalue weighted by molar-refractivity contribution is 0.995. The van der Waals surface area contributed by atoms with Crippen LogP contribution in [-0.2, 0) is 0 Å². The molecule has 1 heterocycles. The summed E-state index contributed by atoms with van der Waals surface area (Å²) in [5.41, 5.74) is 3.34. The molecule has 0 aliphatic carbocycles. The van der Waals surface area contributed by atoms with Gasteiger partial charge >= 0.3 is 0 Å². The van der Waals surface area contributed by atoms with E-state index >= 15 is 0 Å². The first-order valence-corrected chi connectivity index (χ1v) is 5.64. The van der Waals surface area contributed by atoms with E-state index in [1.54, 1.807) is 6.08 Å². The van der Waals surface area contributed by atoms with Crippen LogP contribution in [0.1, 0.15) is 11.5 Å². The van der Waals surface area contributed by atoms with Crippen LogP contribution in [0.3, 0.4) is 0 Å². The van der Waals surface area contributed by atoms with Gasteiger partial charge in [-0.15, -0.1) is 0 Å². The third-order valence-corrected chi connectivity index (χ3v) is 2.74. The summed E-state index contributed by atoms with van der Waals surface area (Å²) in [6, 6.07) is 10.2. The van der Waals surface area contributed by atoms with Crippen LogP contribution in [0.5, 0.6) is 0 Å². The number of aromatic nitrogens is 2. The summed E-state index contributed by atoms with van der Waals surface area (Å²) in [6.07, 6.45) is 5.66. The zero-order valence-electron chi connectivity index (χ0n) is 10.2. The number of benzene rings is 1. The van der Waals surface area contributed by atoms with Gasteiger partial charge in [0.2, 0.25) is 0 Å². The number of hydrogen-bond acceptors (Lipinski definition) is 1. The van der Waals surface area contributed by atoms with E-state index in [2.05, 4.69) is 35.2 Å². The van der Waals surface area contributed by atoms with E-state index in [9.17, 15) is 0 Å². The summed E-state index contributed by atoms with van der Waals surface area (Å²) in [7, 11) is 0. The molecule has 0 atom stereocenters. The van der Waals surface area contributed by atoms with Gasteiger partial charge in [-0.25, -0.2) is 4.98 Å². The Kier molecular flexibility index (Phi) is 3.24. The van der Waals surface area contributed by atoms with Gasteiger partial charge in [-0.2, -0.15) is 0 Å². The minimum Gasteiger partial charge on any atom is -0.307 e. The van der Waals surface area contributed by atoms with Crippen molar-refractivity contribution in [1.82, 2.24) is 9.55 Å². The quantitative estimate of drug-likeness (QED) is 0.725. The van der Waals surface area contributed by atoms with Gasteiger partial charge in [-0.05, 0) is 19.9 Å². The molecule has 0 amide bonds. The molecule has 1 aromatic heterocycles. The van der Waals surface area contributed by atoms with Gasteiger partial charge in [0.1, 0.15) is 5.82 Å². The highest BCUT2D eigenvalue weighted by Crippen LogP contribution is 2.23. The zero-order valence-corrected chi connectivity index (χ0v) is 10.2. The summed E-state index contributed by atoms with van der Waals surface area (Å²) in [6.45, 7) is 7.77. The smallest absolute Gasteiger partial charge is 0.110 e. The molecule has 17 heavy (non-hydrogen) atoms. The van der Waals surface area contributed by atoms with Crippen molar-refractivity contribution < 1.29 is 0 Å². The van der Waals surface area contributed by atoms with E-state index in [0.717, 1.165) is 22.8 Å². The van der Waals surface area contributed by atoms with E-state index in [1.807, 2.05) is 37.4 Å². The molecular formula is C15H16N2. The van der Waals surface area contributed by atoms with Crippen LogP contribution in [0.4, 0.5) is 0 Å². The second-order valence-electron chi connectivity index (χ2n) is 3.91. The molecule has 2 nitrogen and oxygen atoms in total. The second-order valence-corrected chi connectivity index (χ2v) is 3.91. The molecule has 0 aliphatic heterocycles. The molecule has 86 valence electrons. The average Bonchev–Trinajstić information content (AvgIpc) is 2.64. The van der Waals surface area contributed by atoms with Crippen molar-refractivity contribution >= 4 is 6.20 Å². The van der Waals surface area contributed by atoms with Crippen molar-refractivity contribution in [2.45, 2.75) is 13.8 Å². The summed E-state index contributed by atoms with van der Waals surface area (Å²) in [4.78, 5) is 4.61. The molecule has 0 bridgehead atoms. The van der Waals surface area contributed by atoms with Gasteiger partial charge in [0.15, 0.2) is 0 Å². The highest BCUT2D eigenvalue weighted by molar-refractivity contribution is 5.63.